The predicted octanol–water partition coefficient (Wildman–Crippen LogP) is 3.08. The maximum absolute atomic E-state index is 12.9. The van der Waals surface area contributed by atoms with Gasteiger partial charge in [0, 0.05) is 6.20 Å². The molecule has 2 aromatic heterocycles. The van der Waals surface area contributed by atoms with Gasteiger partial charge in [0.1, 0.15) is 5.75 Å². The van der Waals surface area contributed by atoms with Gasteiger partial charge in [-0.25, -0.2) is 0 Å². The number of hydrogen-bond acceptors (Lipinski definition) is 4. The van der Waals surface area contributed by atoms with Gasteiger partial charge in [-0.2, -0.15) is 13.2 Å². The van der Waals surface area contributed by atoms with Crippen LogP contribution in [0.15, 0.2) is 42.6 Å². The molecular weight excluding hydrogens is 349 g/mol. The number of ether oxygens (including phenoxy) is 1. The summed E-state index contributed by atoms with van der Waals surface area (Å²) in [6, 6.07) is 8.87. The molecule has 0 saturated heterocycles. The van der Waals surface area contributed by atoms with E-state index in [1.165, 1.54) is 10.5 Å². The van der Waals surface area contributed by atoms with Gasteiger partial charge in [0.2, 0.25) is 0 Å². The van der Waals surface area contributed by atoms with Gasteiger partial charge >= 0.3 is 6.18 Å². The van der Waals surface area contributed by atoms with Crippen LogP contribution in [0.3, 0.4) is 0 Å². The molecule has 3 rings (SSSR count). The average Bonchev–Trinajstić information content (AvgIpc) is 3.02. The van der Waals surface area contributed by atoms with E-state index < -0.39 is 17.6 Å². The maximum atomic E-state index is 12.9. The van der Waals surface area contributed by atoms with Gasteiger partial charge in [0.15, 0.2) is 11.5 Å². The molecule has 1 N–H and O–H groups in total. The van der Waals surface area contributed by atoms with Gasteiger partial charge in [0.05, 0.1) is 24.3 Å². The maximum Gasteiger partial charge on any atom is 0.417 e. The third-order valence-electron chi connectivity index (χ3n) is 3.64. The van der Waals surface area contributed by atoms with E-state index >= 15 is 0 Å². The van der Waals surface area contributed by atoms with Crippen LogP contribution in [-0.4, -0.2) is 27.1 Å². The van der Waals surface area contributed by atoms with E-state index in [9.17, 15) is 18.0 Å². The lowest BCUT2D eigenvalue weighted by atomic mass is 10.2. The number of fused-ring (bicyclic) bond motifs is 1. The molecule has 136 valence electrons. The number of nitrogens with one attached hydrogen (secondary N) is 1. The Balaban J connectivity index is 1.81. The lowest BCUT2D eigenvalue weighted by Gasteiger charge is -2.10. The van der Waals surface area contributed by atoms with Crippen molar-refractivity contribution in [2.75, 3.05) is 6.61 Å². The van der Waals surface area contributed by atoms with Crippen LogP contribution in [0.4, 0.5) is 13.2 Å². The molecule has 0 aliphatic rings. The second-order valence-electron chi connectivity index (χ2n) is 5.37. The molecule has 0 spiro atoms. The van der Waals surface area contributed by atoms with Crippen LogP contribution in [0.2, 0.25) is 0 Å². The van der Waals surface area contributed by atoms with Crippen LogP contribution in [0.25, 0.3) is 5.65 Å². The molecule has 0 aliphatic heterocycles. The number of benzene rings is 1. The minimum absolute atomic E-state index is 0.0816. The first-order valence-electron chi connectivity index (χ1n) is 7.81. The van der Waals surface area contributed by atoms with Crippen LogP contribution in [-0.2, 0) is 12.7 Å². The Kier molecular flexibility index (Phi) is 4.79. The predicted molar refractivity (Wildman–Crippen MR) is 86.8 cm³/mol. The molecule has 0 fully saturated rings. The van der Waals surface area contributed by atoms with Crippen molar-refractivity contribution in [1.29, 1.82) is 0 Å². The molecule has 26 heavy (non-hydrogen) atoms. The Morgan fingerprint density at radius 2 is 1.96 bits per heavy atom. The number of carbonyl (C=O) groups excluding carboxylic acids is 1. The molecule has 3 aromatic rings. The van der Waals surface area contributed by atoms with Crippen LogP contribution in [0, 0.1) is 0 Å². The van der Waals surface area contributed by atoms with Crippen molar-refractivity contribution in [1.82, 2.24) is 19.9 Å². The first-order chi connectivity index (χ1) is 12.4. The highest BCUT2D eigenvalue weighted by Gasteiger charge is 2.31. The van der Waals surface area contributed by atoms with E-state index in [1.807, 2.05) is 0 Å². The fourth-order valence-corrected chi connectivity index (χ4v) is 2.42. The fourth-order valence-electron chi connectivity index (χ4n) is 2.42. The summed E-state index contributed by atoms with van der Waals surface area (Å²) in [4.78, 5) is 12.4. The van der Waals surface area contributed by atoms with E-state index in [0.29, 0.717) is 17.9 Å². The number of pyridine rings is 1. The monoisotopic (exact) mass is 364 g/mol. The molecule has 0 radical (unpaired) electrons. The summed E-state index contributed by atoms with van der Waals surface area (Å²) in [6.07, 6.45) is -3.57. The van der Waals surface area contributed by atoms with Crippen molar-refractivity contribution in [2.24, 2.45) is 0 Å². The van der Waals surface area contributed by atoms with Crippen molar-refractivity contribution in [2.45, 2.75) is 19.6 Å². The normalized spacial score (nSPS) is 11.5. The Morgan fingerprint density at radius 3 is 2.69 bits per heavy atom. The third kappa shape index (κ3) is 3.61. The quantitative estimate of drug-likeness (QED) is 0.756. The minimum Gasteiger partial charge on any atom is -0.493 e. The highest BCUT2D eigenvalue weighted by molar-refractivity contribution is 5.96. The molecule has 0 saturated carbocycles. The summed E-state index contributed by atoms with van der Waals surface area (Å²) < 4.78 is 45.2. The van der Waals surface area contributed by atoms with Crippen molar-refractivity contribution < 1.29 is 22.7 Å². The van der Waals surface area contributed by atoms with E-state index in [1.54, 1.807) is 31.2 Å². The van der Waals surface area contributed by atoms with E-state index in [4.69, 9.17) is 4.74 Å². The molecule has 2 heterocycles. The smallest absolute Gasteiger partial charge is 0.417 e. The number of para-hydroxylation sites is 1. The number of aromatic nitrogens is 3. The van der Waals surface area contributed by atoms with Crippen LogP contribution >= 0.6 is 0 Å². The van der Waals surface area contributed by atoms with E-state index in [-0.39, 0.29) is 18.0 Å². The molecule has 6 nitrogen and oxygen atoms in total. The van der Waals surface area contributed by atoms with Gasteiger partial charge in [-0.1, -0.05) is 12.1 Å². The van der Waals surface area contributed by atoms with Gasteiger partial charge in [-0.05, 0) is 31.2 Å². The third-order valence-corrected chi connectivity index (χ3v) is 3.64. The fraction of sp³-hybridized carbons (Fsp3) is 0.235. The lowest BCUT2D eigenvalue weighted by molar-refractivity contribution is -0.137. The number of amides is 1. The zero-order valence-electron chi connectivity index (χ0n) is 13.7. The molecule has 0 atom stereocenters. The van der Waals surface area contributed by atoms with Gasteiger partial charge in [0.25, 0.3) is 5.91 Å². The second kappa shape index (κ2) is 7.03. The SMILES string of the molecule is CCOc1ccccc1C(=O)NCc1nnc2ccc(C(F)(F)F)cn12. The summed E-state index contributed by atoms with van der Waals surface area (Å²) in [5, 5.41) is 10.3. The van der Waals surface area contributed by atoms with Crippen LogP contribution in [0.5, 0.6) is 5.75 Å². The first kappa shape index (κ1) is 17.7. The lowest BCUT2D eigenvalue weighted by Crippen LogP contribution is -2.24. The highest BCUT2D eigenvalue weighted by Crippen LogP contribution is 2.29. The summed E-state index contributed by atoms with van der Waals surface area (Å²) >= 11 is 0. The largest absolute Gasteiger partial charge is 0.493 e. The summed E-state index contributed by atoms with van der Waals surface area (Å²) in [5.74, 6) is 0.198. The minimum atomic E-state index is -4.48. The van der Waals surface area contributed by atoms with Crippen LogP contribution in [0.1, 0.15) is 28.7 Å². The topological polar surface area (TPSA) is 68.5 Å². The van der Waals surface area contributed by atoms with Gasteiger partial charge < -0.3 is 10.1 Å². The van der Waals surface area contributed by atoms with Gasteiger partial charge in [-0.3, -0.25) is 9.20 Å². The van der Waals surface area contributed by atoms with Crippen molar-refractivity contribution >= 4 is 11.6 Å². The number of rotatable bonds is 5. The summed E-state index contributed by atoms with van der Waals surface area (Å²) in [6.45, 7) is 2.12. The average molecular weight is 364 g/mol. The Hall–Kier alpha value is -3.10. The molecule has 0 unspecified atom stereocenters. The second-order valence-corrected chi connectivity index (χ2v) is 5.37. The molecule has 9 heteroatoms. The summed E-state index contributed by atoms with van der Waals surface area (Å²) in [7, 11) is 0. The van der Waals surface area contributed by atoms with E-state index in [0.717, 1.165) is 12.3 Å². The van der Waals surface area contributed by atoms with E-state index in [2.05, 4.69) is 15.5 Å². The number of alkyl halides is 3. The molecule has 1 aromatic carbocycles. The number of halogens is 3. The zero-order chi connectivity index (χ0) is 18.7. The Morgan fingerprint density at radius 1 is 1.19 bits per heavy atom. The summed E-state index contributed by atoms with van der Waals surface area (Å²) in [5.41, 5.74) is -0.227. The Bertz CT molecular complexity index is 937. The Labute approximate surface area is 146 Å². The van der Waals surface area contributed by atoms with Crippen molar-refractivity contribution in [3.05, 3.63) is 59.5 Å². The zero-order valence-corrected chi connectivity index (χ0v) is 13.7. The number of nitrogens with zero attached hydrogens (tertiary/aromatic N) is 3. The molecular formula is C17H15F3N4O2. The van der Waals surface area contributed by atoms with Crippen molar-refractivity contribution in [3.8, 4) is 5.75 Å². The molecule has 0 bridgehead atoms. The molecule has 0 aliphatic carbocycles. The first-order valence-corrected chi connectivity index (χ1v) is 7.81. The van der Waals surface area contributed by atoms with Crippen LogP contribution < -0.4 is 10.1 Å². The highest BCUT2D eigenvalue weighted by atomic mass is 19.4. The molecule has 1 amide bonds. The number of carbonyl (C=O) groups is 1. The standard InChI is InChI=1S/C17H15F3N4O2/c1-2-26-13-6-4-3-5-12(13)16(25)21-9-15-23-22-14-8-7-11(10-24(14)15)17(18,19)20/h3-8,10H,2,9H2,1H3,(H,21,25). The number of hydrogen-bond donors (Lipinski definition) is 1. The van der Waals surface area contributed by atoms with Crippen molar-refractivity contribution in [3.63, 3.8) is 0 Å². The van der Waals surface area contributed by atoms with Gasteiger partial charge in [-0.15, -0.1) is 10.2 Å².